The molecule has 0 aliphatic heterocycles. The quantitative estimate of drug-likeness (QED) is 0.710. The van der Waals surface area contributed by atoms with Crippen LogP contribution in [0, 0.1) is 0 Å². The summed E-state index contributed by atoms with van der Waals surface area (Å²) in [6, 6.07) is 6.16. The summed E-state index contributed by atoms with van der Waals surface area (Å²) in [4.78, 5) is 8.35. The van der Waals surface area contributed by atoms with E-state index in [0.717, 1.165) is 10.7 Å². The van der Waals surface area contributed by atoms with E-state index in [-0.39, 0.29) is 12.4 Å². The summed E-state index contributed by atoms with van der Waals surface area (Å²) in [7, 11) is 1.51. The third-order valence-corrected chi connectivity index (χ3v) is 3.07. The molecule has 7 nitrogen and oxygen atoms in total. The summed E-state index contributed by atoms with van der Waals surface area (Å²) < 4.78 is 48.7. The molecule has 0 unspecified atom stereocenters. The van der Waals surface area contributed by atoms with Crippen molar-refractivity contribution in [3.63, 3.8) is 0 Å². The van der Waals surface area contributed by atoms with Crippen molar-refractivity contribution < 1.29 is 22.4 Å². The van der Waals surface area contributed by atoms with E-state index in [4.69, 9.17) is 9.26 Å². The van der Waals surface area contributed by atoms with Crippen LogP contribution in [0.1, 0.15) is 23.1 Å². The first-order chi connectivity index (χ1) is 11.4. The number of halogens is 3. The number of rotatable bonds is 5. The molecule has 3 aromatic heterocycles. The van der Waals surface area contributed by atoms with E-state index in [1.54, 1.807) is 18.2 Å². The molecule has 3 rings (SSSR count). The van der Waals surface area contributed by atoms with Crippen molar-refractivity contribution in [2.24, 2.45) is 0 Å². The maximum absolute atomic E-state index is 12.5. The van der Waals surface area contributed by atoms with Crippen LogP contribution in [0.25, 0.3) is 0 Å². The van der Waals surface area contributed by atoms with E-state index in [2.05, 4.69) is 20.2 Å². The molecule has 0 aromatic carbocycles. The normalized spacial score (nSPS) is 11.7. The summed E-state index contributed by atoms with van der Waals surface area (Å²) in [5.41, 5.74) is -0.289. The van der Waals surface area contributed by atoms with Crippen LogP contribution in [-0.4, -0.2) is 32.0 Å². The maximum atomic E-state index is 12.5. The van der Waals surface area contributed by atoms with Crippen LogP contribution in [0.15, 0.2) is 35.0 Å². The van der Waals surface area contributed by atoms with Gasteiger partial charge in [-0.05, 0) is 12.1 Å². The summed E-state index contributed by atoms with van der Waals surface area (Å²) in [6.45, 7) is -0.0470. The van der Waals surface area contributed by atoms with Crippen molar-refractivity contribution in [3.05, 3.63) is 53.6 Å². The minimum atomic E-state index is -4.48. The Hall–Kier alpha value is -2.91. The highest BCUT2D eigenvalue weighted by Gasteiger charge is 2.33. The zero-order valence-corrected chi connectivity index (χ0v) is 12.5. The fourth-order valence-corrected chi connectivity index (χ4v) is 2.00. The van der Waals surface area contributed by atoms with Gasteiger partial charge in [0.05, 0.1) is 19.2 Å². The molecule has 24 heavy (non-hydrogen) atoms. The summed E-state index contributed by atoms with van der Waals surface area (Å²) >= 11 is 0. The van der Waals surface area contributed by atoms with E-state index in [1.807, 2.05) is 0 Å². The number of methoxy groups -OCH3 is 1. The zero-order valence-electron chi connectivity index (χ0n) is 12.5. The lowest BCUT2D eigenvalue weighted by Crippen LogP contribution is -2.08. The first-order valence-electron chi connectivity index (χ1n) is 6.86. The van der Waals surface area contributed by atoms with Gasteiger partial charge in [0, 0.05) is 12.3 Å². The lowest BCUT2D eigenvalue weighted by atomic mass is 10.2. The fraction of sp³-hybridized carbons (Fsp3) is 0.286. The first-order valence-corrected chi connectivity index (χ1v) is 6.86. The highest BCUT2D eigenvalue weighted by molar-refractivity contribution is 5.18. The Labute approximate surface area is 134 Å². The lowest BCUT2D eigenvalue weighted by Gasteiger charge is -2.01. The third-order valence-electron chi connectivity index (χ3n) is 3.07. The SMILES string of the molecule is COc1cccc(Cc2noc(Cn3ccc(C(F)(F)F)n3)n2)n1. The van der Waals surface area contributed by atoms with Crippen molar-refractivity contribution in [2.75, 3.05) is 7.11 Å². The van der Waals surface area contributed by atoms with Crippen molar-refractivity contribution in [2.45, 2.75) is 19.1 Å². The van der Waals surface area contributed by atoms with E-state index >= 15 is 0 Å². The summed E-state index contributed by atoms with van der Waals surface area (Å²) in [5, 5.41) is 7.22. The van der Waals surface area contributed by atoms with Crippen molar-refractivity contribution in [1.82, 2.24) is 24.9 Å². The number of hydrogen-bond acceptors (Lipinski definition) is 6. The van der Waals surface area contributed by atoms with E-state index in [0.29, 0.717) is 23.8 Å². The zero-order chi connectivity index (χ0) is 17.2. The Morgan fingerprint density at radius 2 is 2.04 bits per heavy atom. The fourth-order valence-electron chi connectivity index (χ4n) is 2.00. The molecule has 0 atom stereocenters. The molecule has 0 aliphatic rings. The minimum absolute atomic E-state index is 0.0470. The molecule has 0 saturated carbocycles. The molecule has 0 fully saturated rings. The lowest BCUT2D eigenvalue weighted by molar-refractivity contribution is -0.141. The molecule has 3 aromatic rings. The Morgan fingerprint density at radius 3 is 2.75 bits per heavy atom. The summed E-state index contributed by atoms with van der Waals surface area (Å²) in [5.74, 6) is 0.992. The van der Waals surface area contributed by atoms with Crippen molar-refractivity contribution in [1.29, 1.82) is 0 Å². The van der Waals surface area contributed by atoms with Gasteiger partial charge in [-0.3, -0.25) is 4.68 Å². The second-order valence-electron chi connectivity index (χ2n) is 4.85. The molecule has 0 saturated heterocycles. The van der Waals surface area contributed by atoms with Gasteiger partial charge in [0.15, 0.2) is 11.5 Å². The van der Waals surface area contributed by atoms with Crippen LogP contribution < -0.4 is 4.74 Å². The number of alkyl halides is 3. The van der Waals surface area contributed by atoms with Crippen LogP contribution in [0.2, 0.25) is 0 Å². The second-order valence-corrected chi connectivity index (χ2v) is 4.85. The maximum Gasteiger partial charge on any atom is 0.435 e. The Bertz CT molecular complexity index is 828. The molecule has 3 heterocycles. The van der Waals surface area contributed by atoms with Crippen LogP contribution in [0.3, 0.4) is 0 Å². The van der Waals surface area contributed by atoms with Gasteiger partial charge >= 0.3 is 6.18 Å². The largest absolute Gasteiger partial charge is 0.481 e. The van der Waals surface area contributed by atoms with Crippen LogP contribution >= 0.6 is 0 Å². The Balaban J connectivity index is 1.68. The predicted octanol–water partition coefficient (Wildman–Crippen LogP) is 2.33. The van der Waals surface area contributed by atoms with Gasteiger partial charge in [-0.2, -0.15) is 23.3 Å². The Morgan fingerprint density at radius 1 is 1.21 bits per heavy atom. The smallest absolute Gasteiger partial charge is 0.435 e. The third kappa shape index (κ3) is 3.70. The van der Waals surface area contributed by atoms with Gasteiger partial charge in [0.2, 0.25) is 11.8 Å². The topological polar surface area (TPSA) is 78.9 Å². The van der Waals surface area contributed by atoms with Crippen LogP contribution in [0.4, 0.5) is 13.2 Å². The van der Waals surface area contributed by atoms with Gasteiger partial charge in [0.1, 0.15) is 6.54 Å². The average molecular weight is 339 g/mol. The van der Waals surface area contributed by atoms with E-state index < -0.39 is 11.9 Å². The standard InChI is InChI=1S/C14H12F3N5O2/c1-23-12-4-2-3-9(18-12)7-11-19-13(24-21-11)8-22-6-5-10(20-22)14(15,16)17/h2-6H,7-8H2,1H3. The van der Waals surface area contributed by atoms with Crippen molar-refractivity contribution >= 4 is 0 Å². The van der Waals surface area contributed by atoms with Gasteiger partial charge in [-0.15, -0.1) is 0 Å². The number of nitrogens with zero attached hydrogens (tertiary/aromatic N) is 5. The monoisotopic (exact) mass is 339 g/mol. The van der Waals surface area contributed by atoms with Crippen molar-refractivity contribution in [3.8, 4) is 5.88 Å². The molecule has 0 radical (unpaired) electrons. The molecule has 126 valence electrons. The molecule has 0 N–H and O–H groups in total. The molecule has 0 spiro atoms. The minimum Gasteiger partial charge on any atom is -0.481 e. The molecule has 0 aliphatic carbocycles. The van der Waals surface area contributed by atoms with E-state index in [1.165, 1.54) is 13.3 Å². The van der Waals surface area contributed by atoms with Gasteiger partial charge in [-0.1, -0.05) is 11.2 Å². The van der Waals surface area contributed by atoms with Crippen LogP contribution in [-0.2, 0) is 19.1 Å². The molecular weight excluding hydrogens is 327 g/mol. The Kier molecular flexibility index (Phi) is 4.19. The van der Waals surface area contributed by atoms with E-state index in [9.17, 15) is 13.2 Å². The molecule has 10 heteroatoms. The molecule has 0 bridgehead atoms. The highest BCUT2D eigenvalue weighted by Crippen LogP contribution is 2.27. The molecular formula is C14H12F3N5O2. The second kappa shape index (κ2) is 6.30. The molecule has 0 amide bonds. The summed E-state index contributed by atoms with van der Waals surface area (Å²) in [6.07, 6.45) is -2.97. The van der Waals surface area contributed by atoms with Crippen LogP contribution in [0.5, 0.6) is 5.88 Å². The van der Waals surface area contributed by atoms with Gasteiger partial charge < -0.3 is 9.26 Å². The van der Waals surface area contributed by atoms with Gasteiger partial charge in [-0.25, -0.2) is 4.98 Å². The van der Waals surface area contributed by atoms with Gasteiger partial charge in [0.25, 0.3) is 0 Å². The highest BCUT2D eigenvalue weighted by atomic mass is 19.4. The predicted molar refractivity (Wildman–Crippen MR) is 74.2 cm³/mol. The average Bonchev–Trinajstić information content (AvgIpc) is 3.17. The number of hydrogen-bond donors (Lipinski definition) is 0. The number of aromatic nitrogens is 5. The first kappa shape index (κ1) is 16.0. The number of ether oxygens (including phenoxy) is 1. The number of pyridine rings is 1.